The van der Waals surface area contributed by atoms with Gasteiger partial charge in [-0.1, -0.05) is 5.21 Å². The number of carboxylic acid groups (broad SMARTS) is 1. The van der Waals surface area contributed by atoms with E-state index in [0.29, 0.717) is 12.2 Å². The molecule has 17 heavy (non-hydrogen) atoms. The molecule has 2 heterocycles. The molecule has 7 nitrogen and oxygen atoms in total. The number of aromatic nitrogens is 4. The SMILES string of the molecule is Cn1cc(Cn2ccc(=O)c(C(=O)O)c2)nn1. The topological polar surface area (TPSA) is 90.0 Å². The average molecular weight is 234 g/mol. The minimum atomic E-state index is -1.23. The molecule has 0 radical (unpaired) electrons. The van der Waals surface area contributed by atoms with Crippen LogP contribution < -0.4 is 5.43 Å². The Hall–Kier alpha value is -2.44. The third kappa shape index (κ3) is 2.39. The molecule has 2 rings (SSSR count). The van der Waals surface area contributed by atoms with Gasteiger partial charge in [0.1, 0.15) is 11.3 Å². The van der Waals surface area contributed by atoms with Crippen molar-refractivity contribution in [3.63, 3.8) is 0 Å². The number of aromatic carboxylic acids is 1. The van der Waals surface area contributed by atoms with Crippen LogP contribution >= 0.6 is 0 Å². The van der Waals surface area contributed by atoms with Crippen molar-refractivity contribution >= 4 is 5.97 Å². The maximum atomic E-state index is 11.2. The molecule has 0 saturated carbocycles. The van der Waals surface area contributed by atoms with Crippen LogP contribution in [0.3, 0.4) is 0 Å². The van der Waals surface area contributed by atoms with Crippen molar-refractivity contribution in [3.8, 4) is 0 Å². The summed E-state index contributed by atoms with van der Waals surface area (Å²) in [7, 11) is 1.74. The Bertz CT molecular complexity index is 614. The molecule has 2 aromatic rings. The zero-order valence-corrected chi connectivity index (χ0v) is 9.07. The van der Waals surface area contributed by atoms with Gasteiger partial charge in [-0.15, -0.1) is 5.10 Å². The Morgan fingerprint density at radius 2 is 2.24 bits per heavy atom. The second-order valence-corrected chi connectivity index (χ2v) is 3.58. The maximum absolute atomic E-state index is 11.2. The summed E-state index contributed by atoms with van der Waals surface area (Å²) in [6, 6.07) is 1.22. The molecule has 0 bridgehead atoms. The van der Waals surface area contributed by atoms with Crippen LogP contribution in [0.4, 0.5) is 0 Å². The minimum Gasteiger partial charge on any atom is -0.477 e. The fourth-order valence-electron chi connectivity index (χ4n) is 1.44. The molecule has 0 spiro atoms. The summed E-state index contributed by atoms with van der Waals surface area (Å²) in [4.78, 5) is 22.0. The van der Waals surface area contributed by atoms with Gasteiger partial charge in [-0.25, -0.2) is 4.79 Å². The van der Waals surface area contributed by atoms with Gasteiger partial charge < -0.3 is 9.67 Å². The fourth-order valence-corrected chi connectivity index (χ4v) is 1.44. The van der Waals surface area contributed by atoms with Gasteiger partial charge in [0, 0.05) is 31.7 Å². The van der Waals surface area contributed by atoms with E-state index in [4.69, 9.17) is 5.11 Å². The van der Waals surface area contributed by atoms with Crippen LogP contribution in [0, 0.1) is 0 Å². The first kappa shape index (κ1) is 11.1. The molecule has 0 aromatic carbocycles. The third-order valence-electron chi connectivity index (χ3n) is 2.20. The maximum Gasteiger partial charge on any atom is 0.341 e. The van der Waals surface area contributed by atoms with Gasteiger partial charge in [0.15, 0.2) is 5.43 Å². The summed E-state index contributed by atoms with van der Waals surface area (Å²) in [6.07, 6.45) is 4.53. The Labute approximate surface area is 95.9 Å². The van der Waals surface area contributed by atoms with Crippen molar-refractivity contribution < 1.29 is 9.90 Å². The second-order valence-electron chi connectivity index (χ2n) is 3.58. The number of hydrogen-bond donors (Lipinski definition) is 1. The quantitative estimate of drug-likeness (QED) is 0.789. The highest BCUT2D eigenvalue weighted by Crippen LogP contribution is 1.99. The molecular formula is C10H10N4O3. The molecular weight excluding hydrogens is 224 g/mol. The van der Waals surface area contributed by atoms with Gasteiger partial charge >= 0.3 is 5.97 Å². The van der Waals surface area contributed by atoms with Crippen molar-refractivity contribution in [2.45, 2.75) is 6.54 Å². The van der Waals surface area contributed by atoms with Gasteiger partial charge in [-0.2, -0.15) is 0 Å². The number of hydrogen-bond acceptors (Lipinski definition) is 4. The molecule has 0 aliphatic carbocycles. The molecule has 2 aromatic heterocycles. The summed E-state index contributed by atoms with van der Waals surface area (Å²) < 4.78 is 3.13. The van der Waals surface area contributed by atoms with Crippen molar-refractivity contribution in [1.82, 2.24) is 19.6 Å². The van der Waals surface area contributed by atoms with E-state index < -0.39 is 11.4 Å². The van der Waals surface area contributed by atoms with Gasteiger partial charge in [0.25, 0.3) is 0 Å². The Morgan fingerprint density at radius 1 is 1.47 bits per heavy atom. The number of aryl methyl sites for hydroxylation is 1. The lowest BCUT2D eigenvalue weighted by atomic mass is 10.2. The zero-order chi connectivity index (χ0) is 12.4. The lowest BCUT2D eigenvalue weighted by Gasteiger charge is -2.03. The van der Waals surface area contributed by atoms with Crippen LogP contribution in [0.25, 0.3) is 0 Å². The molecule has 0 fully saturated rings. The normalized spacial score (nSPS) is 10.4. The first-order valence-corrected chi connectivity index (χ1v) is 4.85. The van der Waals surface area contributed by atoms with E-state index in [-0.39, 0.29) is 5.56 Å². The monoisotopic (exact) mass is 234 g/mol. The number of carboxylic acids is 1. The molecule has 7 heteroatoms. The van der Waals surface area contributed by atoms with E-state index in [9.17, 15) is 9.59 Å². The molecule has 0 aliphatic rings. The van der Waals surface area contributed by atoms with Crippen molar-refractivity contribution in [1.29, 1.82) is 0 Å². The second kappa shape index (κ2) is 4.20. The van der Waals surface area contributed by atoms with E-state index in [0.717, 1.165) is 0 Å². The molecule has 0 atom stereocenters. The Balaban J connectivity index is 2.31. The number of carbonyl (C=O) groups is 1. The summed E-state index contributed by atoms with van der Waals surface area (Å²) >= 11 is 0. The molecule has 0 saturated heterocycles. The first-order valence-electron chi connectivity index (χ1n) is 4.85. The lowest BCUT2D eigenvalue weighted by molar-refractivity contribution is 0.0694. The standard InChI is InChI=1S/C10H10N4O3/c1-13-4-7(11-12-13)5-14-3-2-9(15)8(6-14)10(16)17/h2-4,6H,5H2,1H3,(H,16,17). The zero-order valence-electron chi connectivity index (χ0n) is 9.07. The molecule has 0 aliphatic heterocycles. The predicted molar refractivity (Wildman–Crippen MR) is 57.8 cm³/mol. The lowest BCUT2D eigenvalue weighted by Crippen LogP contribution is -2.16. The summed E-state index contributed by atoms with van der Waals surface area (Å²) in [5.41, 5.74) is -0.0724. The van der Waals surface area contributed by atoms with Crippen LogP contribution in [0.1, 0.15) is 16.1 Å². The molecule has 1 N–H and O–H groups in total. The van der Waals surface area contributed by atoms with E-state index in [1.54, 1.807) is 22.5 Å². The summed E-state index contributed by atoms with van der Waals surface area (Å²) in [5.74, 6) is -1.23. The number of rotatable bonds is 3. The van der Waals surface area contributed by atoms with E-state index in [1.165, 1.54) is 18.5 Å². The van der Waals surface area contributed by atoms with E-state index in [2.05, 4.69) is 10.3 Å². The average Bonchev–Trinajstić information content (AvgIpc) is 2.66. The summed E-state index contributed by atoms with van der Waals surface area (Å²) in [6.45, 7) is 0.369. The van der Waals surface area contributed by atoms with Crippen LogP contribution in [-0.4, -0.2) is 30.6 Å². The van der Waals surface area contributed by atoms with E-state index in [1.807, 2.05) is 0 Å². The first-order chi connectivity index (χ1) is 8.06. The largest absolute Gasteiger partial charge is 0.477 e. The van der Waals surface area contributed by atoms with Gasteiger partial charge in [0.05, 0.1) is 6.54 Å². The summed E-state index contributed by atoms with van der Waals surface area (Å²) in [5, 5.41) is 16.5. The number of pyridine rings is 1. The van der Waals surface area contributed by atoms with E-state index >= 15 is 0 Å². The highest BCUT2D eigenvalue weighted by Gasteiger charge is 2.08. The van der Waals surface area contributed by atoms with Gasteiger partial charge in [-0.05, 0) is 0 Å². The van der Waals surface area contributed by atoms with Crippen molar-refractivity contribution in [3.05, 3.63) is 46.1 Å². The van der Waals surface area contributed by atoms with Crippen LogP contribution in [0.2, 0.25) is 0 Å². The highest BCUT2D eigenvalue weighted by molar-refractivity contribution is 5.86. The molecule has 0 amide bonds. The van der Waals surface area contributed by atoms with Gasteiger partial charge in [-0.3, -0.25) is 9.48 Å². The number of nitrogens with zero attached hydrogens (tertiary/aromatic N) is 4. The third-order valence-corrected chi connectivity index (χ3v) is 2.20. The van der Waals surface area contributed by atoms with Crippen molar-refractivity contribution in [2.75, 3.05) is 0 Å². The van der Waals surface area contributed by atoms with Crippen LogP contribution in [0.15, 0.2) is 29.5 Å². The van der Waals surface area contributed by atoms with Gasteiger partial charge in [0.2, 0.25) is 0 Å². The minimum absolute atomic E-state index is 0.253. The predicted octanol–water partition coefficient (Wildman–Crippen LogP) is -0.277. The Morgan fingerprint density at radius 3 is 2.82 bits per heavy atom. The van der Waals surface area contributed by atoms with Crippen LogP contribution in [-0.2, 0) is 13.6 Å². The smallest absolute Gasteiger partial charge is 0.341 e. The Kier molecular flexibility index (Phi) is 2.73. The molecule has 0 unspecified atom stereocenters. The highest BCUT2D eigenvalue weighted by atomic mass is 16.4. The fraction of sp³-hybridized carbons (Fsp3) is 0.200. The molecule has 88 valence electrons. The van der Waals surface area contributed by atoms with Crippen molar-refractivity contribution in [2.24, 2.45) is 7.05 Å². The van der Waals surface area contributed by atoms with Crippen LogP contribution in [0.5, 0.6) is 0 Å².